The molecule has 146 valence electrons. The van der Waals surface area contributed by atoms with Gasteiger partial charge < -0.3 is 20.3 Å². The summed E-state index contributed by atoms with van der Waals surface area (Å²) in [7, 11) is 5.59. The Balaban J connectivity index is 2.72. The van der Waals surface area contributed by atoms with Gasteiger partial charge in [0.25, 0.3) is 5.91 Å². The normalized spacial score (nSPS) is 12.8. The van der Waals surface area contributed by atoms with Gasteiger partial charge in [0, 0.05) is 18.7 Å². The van der Waals surface area contributed by atoms with E-state index in [1.165, 1.54) is 0 Å². The molecule has 0 saturated carbocycles. The standard InChI is InChI=1S/C20H33N3O3/c1-14(2)17(19(25)21-12-20(3,4)13-23(5)6)22-18(24)15-8-10-16(26-7)11-9-15/h8-11,14,17H,12-13H2,1-7H3,(H,21,25)(H,22,24). The van der Waals surface area contributed by atoms with E-state index in [-0.39, 0.29) is 23.1 Å². The van der Waals surface area contributed by atoms with E-state index in [2.05, 4.69) is 29.4 Å². The Kier molecular flexibility index (Phi) is 8.08. The van der Waals surface area contributed by atoms with E-state index >= 15 is 0 Å². The summed E-state index contributed by atoms with van der Waals surface area (Å²) in [6.45, 7) is 9.46. The van der Waals surface area contributed by atoms with Gasteiger partial charge >= 0.3 is 0 Å². The average Bonchev–Trinajstić information content (AvgIpc) is 2.56. The summed E-state index contributed by atoms with van der Waals surface area (Å²) < 4.78 is 5.10. The lowest BCUT2D eigenvalue weighted by Crippen LogP contribution is -2.52. The monoisotopic (exact) mass is 363 g/mol. The topological polar surface area (TPSA) is 70.7 Å². The molecule has 2 N–H and O–H groups in total. The number of methoxy groups -OCH3 is 1. The van der Waals surface area contributed by atoms with E-state index in [1.807, 2.05) is 27.9 Å². The van der Waals surface area contributed by atoms with Crippen molar-refractivity contribution in [3.63, 3.8) is 0 Å². The minimum absolute atomic E-state index is 0.0193. The third-order valence-corrected chi connectivity index (χ3v) is 4.07. The van der Waals surface area contributed by atoms with Crippen LogP contribution in [0.2, 0.25) is 0 Å². The molecule has 1 rings (SSSR count). The number of carbonyl (C=O) groups excluding carboxylic acids is 2. The molecular formula is C20H33N3O3. The Labute approximate surface area is 157 Å². The zero-order chi connectivity index (χ0) is 19.9. The number of amides is 2. The van der Waals surface area contributed by atoms with Crippen LogP contribution in [0.25, 0.3) is 0 Å². The number of hydrogen-bond acceptors (Lipinski definition) is 4. The summed E-state index contributed by atoms with van der Waals surface area (Å²) >= 11 is 0. The highest BCUT2D eigenvalue weighted by Gasteiger charge is 2.27. The van der Waals surface area contributed by atoms with Crippen molar-refractivity contribution in [1.82, 2.24) is 15.5 Å². The molecule has 2 amide bonds. The van der Waals surface area contributed by atoms with E-state index in [1.54, 1.807) is 31.4 Å². The van der Waals surface area contributed by atoms with Crippen LogP contribution in [-0.4, -0.2) is 57.1 Å². The van der Waals surface area contributed by atoms with Crippen LogP contribution in [-0.2, 0) is 4.79 Å². The van der Waals surface area contributed by atoms with Gasteiger partial charge in [0.15, 0.2) is 0 Å². The maximum atomic E-state index is 12.6. The fourth-order valence-corrected chi connectivity index (χ4v) is 2.85. The Bertz CT molecular complexity index is 595. The zero-order valence-electron chi connectivity index (χ0n) is 17.1. The lowest BCUT2D eigenvalue weighted by Gasteiger charge is -2.30. The maximum absolute atomic E-state index is 12.6. The lowest BCUT2D eigenvalue weighted by atomic mass is 9.92. The van der Waals surface area contributed by atoms with Crippen molar-refractivity contribution in [1.29, 1.82) is 0 Å². The number of hydrogen-bond donors (Lipinski definition) is 2. The maximum Gasteiger partial charge on any atom is 0.251 e. The van der Waals surface area contributed by atoms with Gasteiger partial charge in [0.05, 0.1) is 7.11 Å². The smallest absolute Gasteiger partial charge is 0.251 e. The van der Waals surface area contributed by atoms with Crippen molar-refractivity contribution in [2.24, 2.45) is 11.3 Å². The second-order valence-corrected chi connectivity index (χ2v) is 8.04. The van der Waals surface area contributed by atoms with Crippen LogP contribution in [0.4, 0.5) is 0 Å². The fraction of sp³-hybridized carbons (Fsp3) is 0.600. The molecule has 0 aliphatic carbocycles. The zero-order valence-corrected chi connectivity index (χ0v) is 17.1. The number of carbonyl (C=O) groups is 2. The van der Waals surface area contributed by atoms with E-state index < -0.39 is 6.04 Å². The Morgan fingerprint density at radius 1 is 1.15 bits per heavy atom. The summed E-state index contributed by atoms with van der Waals surface area (Å²) in [5, 5.41) is 5.83. The molecule has 0 spiro atoms. The van der Waals surface area contributed by atoms with Gasteiger partial charge in [-0.1, -0.05) is 27.7 Å². The molecule has 26 heavy (non-hydrogen) atoms. The SMILES string of the molecule is COc1ccc(C(=O)NC(C(=O)NCC(C)(C)CN(C)C)C(C)C)cc1. The third kappa shape index (κ3) is 7.04. The summed E-state index contributed by atoms with van der Waals surface area (Å²) in [6.07, 6.45) is 0. The molecule has 6 nitrogen and oxygen atoms in total. The van der Waals surface area contributed by atoms with Crippen molar-refractivity contribution in [3.8, 4) is 5.75 Å². The van der Waals surface area contributed by atoms with Crippen LogP contribution in [0.3, 0.4) is 0 Å². The van der Waals surface area contributed by atoms with Crippen LogP contribution in [0, 0.1) is 11.3 Å². The van der Waals surface area contributed by atoms with Crippen molar-refractivity contribution in [2.45, 2.75) is 33.7 Å². The largest absolute Gasteiger partial charge is 0.497 e. The average molecular weight is 364 g/mol. The Hall–Kier alpha value is -2.08. The highest BCUT2D eigenvalue weighted by molar-refractivity contribution is 5.97. The van der Waals surface area contributed by atoms with Gasteiger partial charge in [0.2, 0.25) is 5.91 Å². The van der Waals surface area contributed by atoms with Crippen molar-refractivity contribution >= 4 is 11.8 Å². The quantitative estimate of drug-likeness (QED) is 0.705. The minimum atomic E-state index is -0.584. The molecular weight excluding hydrogens is 330 g/mol. The first kappa shape index (κ1) is 22.0. The molecule has 1 unspecified atom stereocenters. The summed E-state index contributed by atoms with van der Waals surface area (Å²) in [5.41, 5.74) is 0.443. The predicted molar refractivity (Wildman–Crippen MR) is 104 cm³/mol. The number of rotatable bonds is 9. The second-order valence-electron chi connectivity index (χ2n) is 8.04. The van der Waals surface area contributed by atoms with E-state index in [4.69, 9.17) is 4.74 Å². The van der Waals surface area contributed by atoms with Gasteiger partial charge in [-0.05, 0) is 49.7 Å². The molecule has 0 saturated heterocycles. The van der Waals surface area contributed by atoms with Gasteiger partial charge in [-0.2, -0.15) is 0 Å². The summed E-state index contributed by atoms with van der Waals surface area (Å²) in [6, 6.07) is 6.24. The van der Waals surface area contributed by atoms with Crippen molar-refractivity contribution in [3.05, 3.63) is 29.8 Å². The van der Waals surface area contributed by atoms with Gasteiger partial charge in [-0.3, -0.25) is 9.59 Å². The van der Waals surface area contributed by atoms with Gasteiger partial charge in [-0.15, -0.1) is 0 Å². The van der Waals surface area contributed by atoms with E-state index in [0.29, 0.717) is 17.9 Å². The third-order valence-electron chi connectivity index (χ3n) is 4.07. The minimum Gasteiger partial charge on any atom is -0.497 e. The predicted octanol–water partition coefficient (Wildman–Crippen LogP) is 2.15. The van der Waals surface area contributed by atoms with E-state index in [9.17, 15) is 9.59 Å². The molecule has 0 bridgehead atoms. The van der Waals surface area contributed by atoms with Gasteiger partial charge in [0.1, 0.15) is 11.8 Å². The first-order chi connectivity index (χ1) is 12.1. The van der Waals surface area contributed by atoms with Crippen LogP contribution < -0.4 is 15.4 Å². The second kappa shape index (κ2) is 9.57. The van der Waals surface area contributed by atoms with Crippen molar-refractivity contribution in [2.75, 3.05) is 34.3 Å². The number of nitrogens with zero attached hydrogens (tertiary/aromatic N) is 1. The molecule has 0 fully saturated rings. The molecule has 1 atom stereocenters. The summed E-state index contributed by atoms with van der Waals surface area (Å²) in [5.74, 6) is 0.236. The molecule has 0 radical (unpaired) electrons. The van der Waals surface area contributed by atoms with Gasteiger partial charge in [-0.25, -0.2) is 0 Å². The number of ether oxygens (including phenoxy) is 1. The molecule has 1 aromatic carbocycles. The summed E-state index contributed by atoms with van der Waals surface area (Å²) in [4.78, 5) is 27.2. The molecule has 0 aromatic heterocycles. The van der Waals surface area contributed by atoms with Crippen LogP contribution in [0.15, 0.2) is 24.3 Å². The van der Waals surface area contributed by atoms with E-state index in [0.717, 1.165) is 6.54 Å². The van der Waals surface area contributed by atoms with Crippen LogP contribution in [0.1, 0.15) is 38.1 Å². The number of nitrogens with one attached hydrogen (secondary N) is 2. The highest BCUT2D eigenvalue weighted by Crippen LogP contribution is 2.15. The van der Waals surface area contributed by atoms with Crippen LogP contribution >= 0.6 is 0 Å². The fourth-order valence-electron chi connectivity index (χ4n) is 2.85. The highest BCUT2D eigenvalue weighted by atomic mass is 16.5. The first-order valence-electron chi connectivity index (χ1n) is 8.93. The molecule has 1 aromatic rings. The first-order valence-corrected chi connectivity index (χ1v) is 8.93. The van der Waals surface area contributed by atoms with Crippen LogP contribution in [0.5, 0.6) is 5.75 Å². The Morgan fingerprint density at radius 2 is 1.73 bits per heavy atom. The molecule has 6 heteroatoms. The van der Waals surface area contributed by atoms with Crippen molar-refractivity contribution < 1.29 is 14.3 Å². The Morgan fingerprint density at radius 3 is 2.19 bits per heavy atom. The number of benzene rings is 1. The lowest BCUT2D eigenvalue weighted by molar-refractivity contribution is -0.124. The molecule has 0 aliphatic rings. The molecule has 0 aliphatic heterocycles. The molecule has 0 heterocycles.